The molecular weight excluding hydrogens is 330 g/mol. The van der Waals surface area contributed by atoms with Crippen molar-refractivity contribution in [3.63, 3.8) is 0 Å². The number of imide groups is 1. The van der Waals surface area contributed by atoms with E-state index in [1.54, 1.807) is 12.1 Å². The first-order valence-electron chi connectivity index (χ1n) is 5.83. The van der Waals surface area contributed by atoms with Crippen LogP contribution in [0.1, 0.15) is 12.8 Å². The van der Waals surface area contributed by atoms with Crippen molar-refractivity contribution in [2.75, 3.05) is 11.5 Å². The average molecular weight is 344 g/mol. The van der Waals surface area contributed by atoms with E-state index in [0.29, 0.717) is 5.69 Å². The van der Waals surface area contributed by atoms with Crippen molar-refractivity contribution in [3.05, 3.63) is 22.7 Å². The molecular formula is C12H14BrN3O2S. The molecule has 0 aliphatic heterocycles. The maximum absolute atomic E-state index is 11.6. The maximum atomic E-state index is 11.6. The average Bonchev–Trinajstić information content (AvgIpc) is 3.11. The van der Waals surface area contributed by atoms with Crippen LogP contribution < -0.4 is 16.4 Å². The van der Waals surface area contributed by atoms with Crippen molar-refractivity contribution in [2.45, 2.75) is 23.8 Å². The molecule has 1 aromatic carbocycles. The minimum Gasteiger partial charge on any atom is -0.399 e. The van der Waals surface area contributed by atoms with Gasteiger partial charge in [0.15, 0.2) is 0 Å². The Kier molecular flexibility index (Phi) is 4.71. The van der Waals surface area contributed by atoms with E-state index in [1.165, 1.54) is 11.8 Å². The Labute approximate surface area is 123 Å². The van der Waals surface area contributed by atoms with E-state index in [0.717, 1.165) is 22.2 Å². The van der Waals surface area contributed by atoms with E-state index >= 15 is 0 Å². The number of rotatable bonds is 4. The molecule has 0 radical (unpaired) electrons. The van der Waals surface area contributed by atoms with Crippen molar-refractivity contribution in [1.29, 1.82) is 0 Å². The lowest BCUT2D eigenvalue weighted by Crippen LogP contribution is -2.41. The van der Waals surface area contributed by atoms with Gasteiger partial charge in [-0.15, -0.1) is 11.8 Å². The predicted molar refractivity (Wildman–Crippen MR) is 79.0 cm³/mol. The summed E-state index contributed by atoms with van der Waals surface area (Å²) in [5.41, 5.74) is 6.29. The van der Waals surface area contributed by atoms with Crippen LogP contribution in [-0.4, -0.2) is 23.7 Å². The van der Waals surface area contributed by atoms with E-state index in [1.807, 2.05) is 6.07 Å². The number of thioether (sulfide) groups is 1. The Morgan fingerprint density at radius 3 is 2.79 bits per heavy atom. The number of hydrogen-bond donors (Lipinski definition) is 3. The molecule has 1 aliphatic rings. The topological polar surface area (TPSA) is 84.2 Å². The summed E-state index contributed by atoms with van der Waals surface area (Å²) in [7, 11) is 0. The fraction of sp³-hybridized carbons (Fsp3) is 0.333. The molecule has 19 heavy (non-hydrogen) atoms. The Morgan fingerprint density at radius 1 is 1.42 bits per heavy atom. The summed E-state index contributed by atoms with van der Waals surface area (Å²) >= 11 is 4.72. The molecule has 0 bridgehead atoms. The van der Waals surface area contributed by atoms with E-state index in [2.05, 4.69) is 26.6 Å². The van der Waals surface area contributed by atoms with Crippen LogP contribution in [0.3, 0.4) is 0 Å². The number of carbonyl (C=O) groups is 2. The third-order valence-corrected chi connectivity index (χ3v) is 4.47. The summed E-state index contributed by atoms with van der Waals surface area (Å²) in [4.78, 5) is 23.8. The van der Waals surface area contributed by atoms with Crippen molar-refractivity contribution >= 4 is 45.3 Å². The highest BCUT2D eigenvalue weighted by Crippen LogP contribution is 2.28. The molecule has 0 aromatic heterocycles. The zero-order valence-electron chi connectivity index (χ0n) is 10.1. The number of urea groups is 1. The number of amides is 3. The van der Waals surface area contributed by atoms with Gasteiger partial charge < -0.3 is 11.1 Å². The summed E-state index contributed by atoms with van der Waals surface area (Å²) in [6.07, 6.45) is 1.99. The highest BCUT2D eigenvalue weighted by molar-refractivity contribution is 9.10. The number of anilines is 1. The van der Waals surface area contributed by atoms with Gasteiger partial charge in [-0.2, -0.15) is 0 Å². The lowest BCUT2D eigenvalue weighted by molar-refractivity contribution is -0.117. The van der Waals surface area contributed by atoms with Crippen LogP contribution in [0.2, 0.25) is 0 Å². The van der Waals surface area contributed by atoms with E-state index < -0.39 is 6.03 Å². The zero-order valence-corrected chi connectivity index (χ0v) is 12.5. The first-order chi connectivity index (χ1) is 9.04. The third-order valence-electron chi connectivity index (χ3n) is 2.48. The van der Waals surface area contributed by atoms with E-state index in [-0.39, 0.29) is 17.7 Å². The molecule has 1 saturated carbocycles. The number of nitrogens with two attached hydrogens (primary N) is 1. The van der Waals surface area contributed by atoms with Crippen LogP contribution in [0, 0.1) is 0 Å². The molecule has 0 spiro atoms. The van der Waals surface area contributed by atoms with Gasteiger partial charge in [-0.25, -0.2) is 4.79 Å². The molecule has 7 heteroatoms. The van der Waals surface area contributed by atoms with Crippen LogP contribution in [0.5, 0.6) is 0 Å². The SMILES string of the molecule is Nc1ccc(SCC(=O)NC(=O)NC2CC2)c(Br)c1. The second-order valence-corrected chi connectivity index (χ2v) is 6.15. The van der Waals surface area contributed by atoms with Gasteiger partial charge in [-0.1, -0.05) is 0 Å². The third kappa shape index (κ3) is 4.76. The Bertz CT molecular complexity index is 506. The maximum Gasteiger partial charge on any atom is 0.321 e. The molecule has 0 atom stereocenters. The fourth-order valence-electron chi connectivity index (χ4n) is 1.39. The summed E-state index contributed by atoms with van der Waals surface area (Å²) in [5.74, 6) is -0.132. The minimum absolute atomic E-state index is 0.181. The first kappa shape index (κ1) is 14.2. The van der Waals surface area contributed by atoms with Gasteiger partial charge in [-0.05, 0) is 47.0 Å². The highest BCUT2D eigenvalue weighted by atomic mass is 79.9. The number of nitrogen functional groups attached to an aromatic ring is 1. The summed E-state index contributed by atoms with van der Waals surface area (Å²) in [6.45, 7) is 0. The fourth-order valence-corrected chi connectivity index (χ4v) is 2.85. The molecule has 2 rings (SSSR count). The Morgan fingerprint density at radius 2 is 2.16 bits per heavy atom. The van der Waals surface area contributed by atoms with Gasteiger partial charge in [-0.3, -0.25) is 10.1 Å². The lowest BCUT2D eigenvalue weighted by Gasteiger charge is -2.07. The smallest absolute Gasteiger partial charge is 0.321 e. The van der Waals surface area contributed by atoms with Crippen molar-refractivity contribution in [1.82, 2.24) is 10.6 Å². The second-order valence-electron chi connectivity index (χ2n) is 4.27. The van der Waals surface area contributed by atoms with Crippen molar-refractivity contribution in [3.8, 4) is 0 Å². The normalized spacial score (nSPS) is 13.9. The van der Waals surface area contributed by atoms with Crippen molar-refractivity contribution < 1.29 is 9.59 Å². The van der Waals surface area contributed by atoms with E-state index in [9.17, 15) is 9.59 Å². The van der Waals surface area contributed by atoms with Crippen molar-refractivity contribution in [2.24, 2.45) is 0 Å². The molecule has 0 unspecified atom stereocenters. The Hall–Kier alpha value is -1.21. The molecule has 1 fully saturated rings. The number of nitrogens with one attached hydrogen (secondary N) is 2. The van der Waals surface area contributed by atoms with Crippen LogP contribution in [0.25, 0.3) is 0 Å². The van der Waals surface area contributed by atoms with Crippen LogP contribution in [0.4, 0.5) is 10.5 Å². The van der Waals surface area contributed by atoms with Crippen LogP contribution >= 0.6 is 27.7 Å². The van der Waals surface area contributed by atoms with Gasteiger partial charge in [0.1, 0.15) is 0 Å². The largest absolute Gasteiger partial charge is 0.399 e. The van der Waals surface area contributed by atoms with Gasteiger partial charge >= 0.3 is 6.03 Å². The summed E-state index contributed by atoms with van der Waals surface area (Å²) < 4.78 is 0.840. The van der Waals surface area contributed by atoms with Crippen LogP contribution in [-0.2, 0) is 4.79 Å². The number of hydrogen-bond acceptors (Lipinski definition) is 4. The molecule has 0 heterocycles. The lowest BCUT2D eigenvalue weighted by atomic mass is 10.3. The van der Waals surface area contributed by atoms with Gasteiger partial charge in [0.2, 0.25) is 5.91 Å². The molecule has 102 valence electrons. The molecule has 1 aliphatic carbocycles. The highest BCUT2D eigenvalue weighted by Gasteiger charge is 2.23. The molecule has 4 N–H and O–H groups in total. The molecule has 5 nitrogen and oxygen atoms in total. The van der Waals surface area contributed by atoms with Gasteiger partial charge in [0.05, 0.1) is 5.75 Å². The summed E-state index contributed by atoms with van der Waals surface area (Å²) in [6, 6.07) is 5.21. The minimum atomic E-state index is -0.413. The zero-order chi connectivity index (χ0) is 13.8. The monoisotopic (exact) mass is 343 g/mol. The quantitative estimate of drug-likeness (QED) is 0.577. The van der Waals surface area contributed by atoms with Gasteiger partial charge in [0.25, 0.3) is 0 Å². The second kappa shape index (κ2) is 6.29. The molecule has 0 saturated heterocycles. The number of halogens is 1. The van der Waals surface area contributed by atoms with Gasteiger partial charge in [0, 0.05) is 21.1 Å². The number of benzene rings is 1. The number of carbonyl (C=O) groups excluding carboxylic acids is 2. The molecule has 3 amide bonds. The standard InChI is InChI=1S/C12H14BrN3O2S/c13-9-5-7(14)1-4-10(9)19-6-11(17)16-12(18)15-8-2-3-8/h1,4-5,8H,2-3,6,14H2,(H2,15,16,17,18). The first-order valence-corrected chi connectivity index (χ1v) is 7.60. The van der Waals surface area contributed by atoms with E-state index in [4.69, 9.17) is 5.73 Å². The Balaban J connectivity index is 1.77. The molecule has 1 aromatic rings. The predicted octanol–water partition coefficient (Wildman–Crippen LogP) is 2.11. The summed E-state index contributed by atoms with van der Waals surface area (Å²) in [5, 5.41) is 5.00. The van der Waals surface area contributed by atoms with Crippen LogP contribution in [0.15, 0.2) is 27.6 Å².